The molecule has 3 aliphatic carbocycles. The van der Waals surface area contributed by atoms with E-state index in [2.05, 4.69) is 0 Å². The van der Waals surface area contributed by atoms with E-state index in [0.717, 1.165) is 0 Å². The van der Waals surface area contributed by atoms with E-state index < -0.39 is 75.5 Å². The minimum absolute atomic E-state index is 0.00248. The quantitative estimate of drug-likeness (QED) is 0.258. The number of hydrogen-bond acceptors (Lipinski definition) is 8. The maximum atomic E-state index is 13.7. The molecule has 5 atom stereocenters. The first-order chi connectivity index (χ1) is 15.2. The van der Waals surface area contributed by atoms with Gasteiger partial charge in [-0.1, -0.05) is 11.6 Å². The Morgan fingerprint density at radius 3 is 2.33 bits per heavy atom. The number of nitrogens with two attached hydrogens (primary N) is 1. The molecule has 0 aromatic heterocycles. The summed E-state index contributed by atoms with van der Waals surface area (Å²) >= 11 is 6.21. The van der Waals surface area contributed by atoms with Gasteiger partial charge in [-0.25, -0.2) is 0 Å². The summed E-state index contributed by atoms with van der Waals surface area (Å²) in [6.45, 7) is 0. The van der Waals surface area contributed by atoms with E-state index in [4.69, 9.17) is 17.3 Å². The zero-order chi connectivity index (χ0) is 24.8. The van der Waals surface area contributed by atoms with Crippen molar-refractivity contribution >= 4 is 34.8 Å². The Hall–Kier alpha value is -2.92. The van der Waals surface area contributed by atoms with Crippen LogP contribution < -0.4 is 5.73 Å². The van der Waals surface area contributed by atoms with Gasteiger partial charge in [0.05, 0.1) is 38.7 Å². The number of phenolic OH excluding ortho intramolecular Hbond substituents is 1. The standard InChI is InChI=1S/C22H23ClN2O8/c1-25(2,3)15-8-6-7-11(17(28)13-10(26)5-4-9(23)12(13)16(7)27)19(30)22(8,33)20(31)14(18(15)29)21(24)32/h4-5,7-8,15-16,27,33H,6H2,1-3H3,(H4-,24,26,28,29,30,31,32)/p+1/t7?,8?,15?,16?,22-/m0/s1. The maximum absolute atomic E-state index is 13.7. The van der Waals surface area contributed by atoms with E-state index in [-0.39, 0.29) is 27.1 Å². The molecular formula is C22H24ClN2O8+. The van der Waals surface area contributed by atoms with E-state index in [1.807, 2.05) is 0 Å². The molecule has 0 saturated heterocycles. The molecule has 33 heavy (non-hydrogen) atoms. The van der Waals surface area contributed by atoms with Crippen LogP contribution in [0.15, 0.2) is 29.0 Å². The lowest BCUT2D eigenvalue weighted by Crippen LogP contribution is -2.69. The number of likely N-dealkylation sites (N-methyl/N-ethyl adjacent to an activating group) is 1. The number of primary amides is 1. The number of quaternary nitrogens is 1. The number of ketones is 2. The van der Waals surface area contributed by atoms with Gasteiger partial charge in [0.25, 0.3) is 5.91 Å². The van der Waals surface area contributed by atoms with Crippen molar-refractivity contribution in [3.63, 3.8) is 0 Å². The molecular weight excluding hydrogens is 456 g/mol. The number of aromatic hydroxyl groups is 1. The van der Waals surface area contributed by atoms with Crippen molar-refractivity contribution < 1.29 is 44.4 Å². The highest BCUT2D eigenvalue weighted by atomic mass is 35.5. The van der Waals surface area contributed by atoms with Crippen LogP contribution in [0.4, 0.5) is 0 Å². The number of rotatable bonds is 2. The van der Waals surface area contributed by atoms with Crippen molar-refractivity contribution in [3.05, 3.63) is 45.2 Å². The van der Waals surface area contributed by atoms with Crippen LogP contribution in [0.25, 0.3) is 5.76 Å². The average Bonchev–Trinajstić information content (AvgIpc) is 2.69. The van der Waals surface area contributed by atoms with Gasteiger partial charge in [0.15, 0.2) is 11.6 Å². The third-order valence-corrected chi connectivity index (χ3v) is 7.25. The molecule has 4 unspecified atom stereocenters. The first kappa shape index (κ1) is 23.2. The summed E-state index contributed by atoms with van der Waals surface area (Å²) in [5, 5.41) is 54.8. The minimum Gasteiger partial charge on any atom is -0.508 e. The smallest absolute Gasteiger partial charge is 0.256 e. The summed E-state index contributed by atoms with van der Waals surface area (Å²) in [6.07, 6.45) is -1.69. The number of nitrogens with zero attached hydrogens (tertiary/aromatic N) is 1. The van der Waals surface area contributed by atoms with Crippen LogP contribution in [0.5, 0.6) is 5.75 Å². The maximum Gasteiger partial charge on any atom is 0.256 e. The molecule has 0 spiro atoms. The Morgan fingerprint density at radius 1 is 1.18 bits per heavy atom. The fraction of sp³-hybridized carbons (Fsp3) is 0.409. The number of carbonyl (C=O) groups is 3. The number of aliphatic hydroxyl groups is 4. The second kappa shape index (κ2) is 7.04. The number of fused-ring (bicyclic) bond motifs is 3. The van der Waals surface area contributed by atoms with Crippen LogP contribution in [0.3, 0.4) is 0 Å². The van der Waals surface area contributed by atoms with E-state index in [1.54, 1.807) is 21.1 Å². The molecule has 7 N–H and O–H groups in total. The van der Waals surface area contributed by atoms with E-state index >= 15 is 0 Å². The Bertz CT molecular complexity index is 1200. The Morgan fingerprint density at radius 2 is 1.79 bits per heavy atom. The van der Waals surface area contributed by atoms with Gasteiger partial charge >= 0.3 is 0 Å². The summed E-state index contributed by atoms with van der Waals surface area (Å²) in [7, 11) is 4.83. The number of Topliss-reactive ketones (excluding diaryl/α,β-unsaturated/α-hetero) is 2. The number of hydrogen-bond donors (Lipinski definition) is 6. The number of aliphatic hydroxyl groups excluding tert-OH is 3. The fourth-order valence-electron chi connectivity index (χ4n) is 5.54. The second-order valence-electron chi connectivity index (χ2n) is 9.62. The summed E-state index contributed by atoms with van der Waals surface area (Å²) in [5.41, 5.74) is 0.934. The molecule has 1 saturated carbocycles. The first-order valence-electron chi connectivity index (χ1n) is 10.1. The summed E-state index contributed by atoms with van der Waals surface area (Å²) in [4.78, 5) is 38.9. The monoisotopic (exact) mass is 479 g/mol. The van der Waals surface area contributed by atoms with Gasteiger partial charge in [-0.05, 0) is 18.6 Å². The van der Waals surface area contributed by atoms with Crippen molar-refractivity contribution in [1.82, 2.24) is 0 Å². The number of phenols is 1. The molecule has 1 fully saturated rings. The van der Waals surface area contributed by atoms with Gasteiger partial charge in [-0.3, -0.25) is 14.4 Å². The SMILES string of the molecule is C[N+](C)(C)C1C(=O)C(C(N)=O)=C(O)[C@@]2(O)C(=O)C3=C(O)c4c(O)ccc(Cl)c4C(O)C3CC12. The van der Waals surface area contributed by atoms with E-state index in [1.165, 1.54) is 12.1 Å². The third kappa shape index (κ3) is 2.88. The van der Waals surface area contributed by atoms with Crippen LogP contribution >= 0.6 is 11.6 Å². The third-order valence-electron chi connectivity index (χ3n) is 6.92. The van der Waals surface area contributed by atoms with Crippen LogP contribution in [-0.4, -0.2) is 80.3 Å². The highest BCUT2D eigenvalue weighted by Crippen LogP contribution is 2.56. The van der Waals surface area contributed by atoms with Crippen molar-refractivity contribution in [2.24, 2.45) is 17.6 Å². The van der Waals surface area contributed by atoms with Crippen LogP contribution in [0.1, 0.15) is 23.7 Å². The second-order valence-corrected chi connectivity index (χ2v) is 10.0. The van der Waals surface area contributed by atoms with E-state index in [0.29, 0.717) is 0 Å². The zero-order valence-electron chi connectivity index (χ0n) is 18.0. The minimum atomic E-state index is -2.76. The summed E-state index contributed by atoms with van der Waals surface area (Å²) in [6, 6.07) is 1.31. The number of benzene rings is 1. The van der Waals surface area contributed by atoms with Gasteiger partial charge in [0, 0.05) is 22.1 Å². The lowest BCUT2D eigenvalue weighted by Gasteiger charge is -2.52. The zero-order valence-corrected chi connectivity index (χ0v) is 18.8. The molecule has 0 heterocycles. The van der Waals surface area contributed by atoms with E-state index in [9.17, 15) is 39.9 Å². The molecule has 10 nitrogen and oxygen atoms in total. The fourth-order valence-corrected chi connectivity index (χ4v) is 5.81. The number of halogens is 1. The van der Waals surface area contributed by atoms with Crippen molar-refractivity contribution in [1.29, 1.82) is 0 Å². The topological polar surface area (TPSA) is 178 Å². The average molecular weight is 480 g/mol. The molecule has 0 aliphatic heterocycles. The first-order valence-corrected chi connectivity index (χ1v) is 10.5. The molecule has 0 bridgehead atoms. The van der Waals surface area contributed by atoms with Crippen molar-refractivity contribution in [2.45, 2.75) is 24.2 Å². The van der Waals surface area contributed by atoms with Gasteiger partial charge in [0.1, 0.15) is 22.8 Å². The molecule has 1 aromatic carbocycles. The summed E-state index contributed by atoms with van der Waals surface area (Å²) in [5.74, 6) is -8.10. The number of carbonyl (C=O) groups excluding carboxylic acids is 3. The Labute approximate surface area is 193 Å². The van der Waals surface area contributed by atoms with Crippen molar-refractivity contribution in [3.8, 4) is 5.75 Å². The lowest BCUT2D eigenvalue weighted by molar-refractivity contribution is -0.891. The molecule has 1 aromatic rings. The van der Waals surface area contributed by atoms with Gasteiger partial charge < -0.3 is 35.7 Å². The van der Waals surface area contributed by atoms with Gasteiger partial charge in [0.2, 0.25) is 11.6 Å². The summed E-state index contributed by atoms with van der Waals surface area (Å²) < 4.78 is -0.130. The predicted octanol–water partition coefficient (Wildman–Crippen LogP) is 0.253. The Kier molecular flexibility index (Phi) is 4.96. The number of amides is 1. The highest BCUT2D eigenvalue weighted by Gasteiger charge is 2.67. The molecule has 4 rings (SSSR count). The van der Waals surface area contributed by atoms with Crippen LogP contribution in [-0.2, 0) is 14.4 Å². The molecule has 3 aliphatic rings. The van der Waals surface area contributed by atoms with Gasteiger partial charge in [-0.2, -0.15) is 0 Å². The molecule has 1 amide bonds. The Balaban J connectivity index is 2.05. The normalized spacial score (nSPS) is 31.8. The molecule has 176 valence electrons. The largest absolute Gasteiger partial charge is 0.508 e. The molecule has 0 radical (unpaired) electrons. The van der Waals surface area contributed by atoms with Gasteiger partial charge in [-0.15, -0.1) is 0 Å². The predicted molar refractivity (Wildman–Crippen MR) is 115 cm³/mol. The molecule has 11 heteroatoms. The van der Waals surface area contributed by atoms with Crippen LogP contribution in [0.2, 0.25) is 5.02 Å². The van der Waals surface area contributed by atoms with Crippen molar-refractivity contribution in [2.75, 3.05) is 21.1 Å². The van der Waals surface area contributed by atoms with Crippen LogP contribution in [0, 0.1) is 11.8 Å². The lowest BCUT2D eigenvalue weighted by atomic mass is 9.56. The highest BCUT2D eigenvalue weighted by molar-refractivity contribution is 6.32.